The summed E-state index contributed by atoms with van der Waals surface area (Å²) in [6.07, 6.45) is -4.66. The number of rotatable bonds is 4. The van der Waals surface area contributed by atoms with E-state index in [-0.39, 0.29) is 17.8 Å². The number of morpholine rings is 1. The van der Waals surface area contributed by atoms with Gasteiger partial charge in [-0.05, 0) is 41.5 Å². The summed E-state index contributed by atoms with van der Waals surface area (Å²) in [7, 11) is 0. The lowest BCUT2D eigenvalue weighted by atomic mass is 10.0. The minimum Gasteiger partial charge on any atom is -0.378 e. The highest BCUT2D eigenvalue weighted by Crippen LogP contribution is 2.38. The molecule has 4 nitrogen and oxygen atoms in total. The average Bonchev–Trinajstić information content (AvgIpc) is 3.14. The molecule has 3 aromatic rings. The number of amides is 1. The fraction of sp³-hybridized carbons (Fsp3) is 0.261. The first-order valence-corrected chi connectivity index (χ1v) is 10.7. The third-order valence-corrected chi connectivity index (χ3v) is 5.76. The van der Waals surface area contributed by atoms with E-state index in [1.54, 1.807) is 48.5 Å². The molecule has 0 saturated carbocycles. The van der Waals surface area contributed by atoms with Gasteiger partial charge in [-0.3, -0.25) is 4.79 Å². The van der Waals surface area contributed by atoms with E-state index in [9.17, 15) is 18.0 Å². The highest BCUT2D eigenvalue weighted by Gasteiger charge is 2.39. The molecular formula is C23H19Cl2F3N2O2. The summed E-state index contributed by atoms with van der Waals surface area (Å²) in [6, 6.07) is 14.0. The Hall–Kier alpha value is -2.48. The van der Waals surface area contributed by atoms with Crippen LogP contribution in [0.25, 0.3) is 11.1 Å². The average molecular weight is 483 g/mol. The van der Waals surface area contributed by atoms with Crippen LogP contribution in [0.5, 0.6) is 0 Å². The van der Waals surface area contributed by atoms with Crippen molar-refractivity contribution in [1.29, 1.82) is 0 Å². The van der Waals surface area contributed by atoms with Gasteiger partial charge in [0, 0.05) is 35.2 Å². The van der Waals surface area contributed by atoms with Gasteiger partial charge in [0.1, 0.15) is 11.4 Å². The van der Waals surface area contributed by atoms with Crippen molar-refractivity contribution in [2.75, 3.05) is 26.3 Å². The SMILES string of the molecule is O=C(c1c(-c2ccc(Cl)cc2)cc(C(F)(F)F)n1Cc1cccc(Cl)c1)N1CCOCC1. The van der Waals surface area contributed by atoms with Crippen LogP contribution in [0.2, 0.25) is 10.0 Å². The fourth-order valence-electron chi connectivity index (χ4n) is 3.76. The van der Waals surface area contributed by atoms with Gasteiger partial charge >= 0.3 is 6.18 Å². The Morgan fingerprint density at radius 1 is 0.969 bits per heavy atom. The molecule has 1 aromatic heterocycles. The largest absolute Gasteiger partial charge is 0.431 e. The minimum absolute atomic E-state index is 0.0264. The van der Waals surface area contributed by atoms with E-state index in [1.165, 1.54) is 4.90 Å². The predicted molar refractivity (Wildman–Crippen MR) is 117 cm³/mol. The normalized spacial score (nSPS) is 14.6. The maximum Gasteiger partial charge on any atom is 0.431 e. The summed E-state index contributed by atoms with van der Waals surface area (Å²) < 4.78 is 48.6. The lowest BCUT2D eigenvalue weighted by Gasteiger charge is -2.28. The van der Waals surface area contributed by atoms with Crippen LogP contribution < -0.4 is 0 Å². The number of aromatic nitrogens is 1. The maximum absolute atomic E-state index is 14.1. The molecule has 4 rings (SSSR count). The van der Waals surface area contributed by atoms with Crippen LogP contribution in [0, 0.1) is 0 Å². The third-order valence-electron chi connectivity index (χ3n) is 5.27. The Bertz CT molecular complexity index is 1120. The van der Waals surface area contributed by atoms with Gasteiger partial charge in [0.15, 0.2) is 0 Å². The number of nitrogens with zero attached hydrogens (tertiary/aromatic N) is 2. The highest BCUT2D eigenvalue weighted by atomic mass is 35.5. The van der Waals surface area contributed by atoms with Crippen molar-refractivity contribution >= 4 is 29.1 Å². The molecule has 9 heteroatoms. The van der Waals surface area contributed by atoms with Crippen LogP contribution in [0.4, 0.5) is 13.2 Å². The first kappa shape index (κ1) is 22.7. The monoisotopic (exact) mass is 482 g/mol. The number of alkyl halides is 3. The Labute approximate surface area is 193 Å². The first-order chi connectivity index (χ1) is 15.2. The standard InChI is InChI=1S/C23H19Cl2F3N2O2/c24-17-6-4-16(5-7-17)19-13-20(23(26,27)28)30(14-15-2-1-3-18(25)12-15)21(19)22(31)29-8-10-32-11-9-29/h1-7,12-13H,8-11,14H2. The predicted octanol–water partition coefficient (Wildman–Crippen LogP) is 6.00. The first-order valence-electron chi connectivity index (χ1n) is 9.92. The van der Waals surface area contributed by atoms with Crippen molar-refractivity contribution in [3.05, 3.63) is 81.6 Å². The van der Waals surface area contributed by atoms with Crippen LogP contribution in [0.3, 0.4) is 0 Å². The summed E-state index contributed by atoms with van der Waals surface area (Å²) >= 11 is 12.0. The van der Waals surface area contributed by atoms with Gasteiger partial charge < -0.3 is 14.2 Å². The van der Waals surface area contributed by atoms with E-state index in [4.69, 9.17) is 27.9 Å². The highest BCUT2D eigenvalue weighted by molar-refractivity contribution is 6.30. The van der Waals surface area contributed by atoms with Crippen LogP contribution in [0.1, 0.15) is 21.7 Å². The van der Waals surface area contributed by atoms with Crippen LogP contribution in [-0.4, -0.2) is 41.7 Å². The summed E-state index contributed by atoms with van der Waals surface area (Å²) in [6.45, 7) is 1.13. The van der Waals surface area contributed by atoms with Gasteiger partial charge in [-0.25, -0.2) is 0 Å². The van der Waals surface area contributed by atoms with E-state index in [1.807, 2.05) is 0 Å². The number of halogens is 5. The molecule has 1 fully saturated rings. The van der Waals surface area contributed by atoms with Crippen molar-refractivity contribution in [2.45, 2.75) is 12.7 Å². The number of carbonyl (C=O) groups is 1. The minimum atomic E-state index is -4.66. The van der Waals surface area contributed by atoms with E-state index in [0.29, 0.717) is 47.5 Å². The van der Waals surface area contributed by atoms with E-state index in [0.717, 1.165) is 10.6 Å². The molecule has 2 heterocycles. The molecule has 1 aliphatic heterocycles. The molecule has 1 saturated heterocycles. The molecule has 0 bridgehead atoms. The smallest absolute Gasteiger partial charge is 0.378 e. The van der Waals surface area contributed by atoms with Crippen LogP contribution in [0.15, 0.2) is 54.6 Å². The van der Waals surface area contributed by atoms with Gasteiger partial charge in [-0.15, -0.1) is 0 Å². The number of hydrogen-bond donors (Lipinski definition) is 0. The van der Waals surface area contributed by atoms with Gasteiger partial charge in [0.2, 0.25) is 0 Å². The second kappa shape index (κ2) is 9.17. The van der Waals surface area contributed by atoms with Crippen molar-refractivity contribution in [3.63, 3.8) is 0 Å². The molecule has 32 heavy (non-hydrogen) atoms. The maximum atomic E-state index is 14.1. The summed E-state index contributed by atoms with van der Waals surface area (Å²) in [5.74, 6) is -0.476. The third kappa shape index (κ3) is 4.80. The number of carbonyl (C=O) groups excluding carboxylic acids is 1. The Balaban J connectivity index is 1.91. The number of hydrogen-bond acceptors (Lipinski definition) is 2. The molecule has 0 spiro atoms. The van der Waals surface area contributed by atoms with Crippen molar-refractivity contribution in [1.82, 2.24) is 9.47 Å². The van der Waals surface area contributed by atoms with Crippen molar-refractivity contribution in [3.8, 4) is 11.1 Å². The second-order valence-corrected chi connectivity index (χ2v) is 8.29. The summed E-state index contributed by atoms with van der Waals surface area (Å²) in [4.78, 5) is 15.0. The fourth-order valence-corrected chi connectivity index (χ4v) is 4.10. The molecule has 0 radical (unpaired) electrons. The zero-order valence-corrected chi connectivity index (χ0v) is 18.3. The Kier molecular flexibility index (Phi) is 6.51. The molecule has 1 amide bonds. The quantitative estimate of drug-likeness (QED) is 0.456. The molecule has 168 valence electrons. The Morgan fingerprint density at radius 3 is 2.28 bits per heavy atom. The summed E-state index contributed by atoms with van der Waals surface area (Å²) in [5, 5.41) is 0.853. The molecule has 0 aliphatic carbocycles. The lowest BCUT2D eigenvalue weighted by molar-refractivity contribution is -0.143. The molecule has 1 aliphatic rings. The van der Waals surface area contributed by atoms with Crippen molar-refractivity contribution in [2.24, 2.45) is 0 Å². The molecule has 0 N–H and O–H groups in total. The lowest BCUT2D eigenvalue weighted by Crippen LogP contribution is -2.41. The van der Waals surface area contributed by atoms with E-state index in [2.05, 4.69) is 0 Å². The molecule has 2 aromatic carbocycles. The number of benzene rings is 2. The zero-order valence-electron chi connectivity index (χ0n) is 16.8. The zero-order chi connectivity index (χ0) is 22.9. The van der Waals surface area contributed by atoms with E-state index < -0.39 is 17.8 Å². The van der Waals surface area contributed by atoms with Gasteiger partial charge in [-0.1, -0.05) is 47.5 Å². The Morgan fingerprint density at radius 2 is 1.66 bits per heavy atom. The van der Waals surface area contributed by atoms with Crippen molar-refractivity contribution < 1.29 is 22.7 Å². The van der Waals surface area contributed by atoms with Gasteiger partial charge in [0.05, 0.1) is 13.2 Å². The van der Waals surface area contributed by atoms with Gasteiger partial charge in [-0.2, -0.15) is 13.2 Å². The van der Waals surface area contributed by atoms with Crippen LogP contribution in [-0.2, 0) is 17.5 Å². The topological polar surface area (TPSA) is 34.5 Å². The number of ether oxygens (including phenoxy) is 1. The van der Waals surface area contributed by atoms with E-state index >= 15 is 0 Å². The molecule has 0 unspecified atom stereocenters. The van der Waals surface area contributed by atoms with Crippen LogP contribution >= 0.6 is 23.2 Å². The summed E-state index contributed by atoms with van der Waals surface area (Å²) in [5.41, 5.74) is 0.298. The second-order valence-electron chi connectivity index (χ2n) is 7.42. The van der Waals surface area contributed by atoms with Gasteiger partial charge in [0.25, 0.3) is 5.91 Å². The molecule has 0 atom stereocenters. The molecular weight excluding hydrogens is 464 g/mol.